The third kappa shape index (κ3) is 4.44. The first-order valence-corrected chi connectivity index (χ1v) is 12.2. The van der Waals surface area contributed by atoms with Crippen molar-refractivity contribution in [3.63, 3.8) is 0 Å². The lowest BCUT2D eigenvalue weighted by Crippen LogP contribution is -2.45. The molecular weight excluding hydrogens is 417 g/mol. The Labute approximate surface area is 184 Å². The van der Waals surface area contributed by atoms with Crippen molar-refractivity contribution in [3.8, 4) is 0 Å². The normalized spacial score (nSPS) is 20.2. The van der Waals surface area contributed by atoms with Gasteiger partial charge in [0.2, 0.25) is 0 Å². The Morgan fingerprint density at radius 3 is 2.55 bits per heavy atom. The molecule has 1 fully saturated rings. The quantitative estimate of drug-likeness (QED) is 0.704. The lowest BCUT2D eigenvalue weighted by molar-refractivity contribution is 0.234. The molecule has 0 radical (unpaired) electrons. The number of benzene rings is 1. The van der Waals surface area contributed by atoms with Crippen LogP contribution in [0.2, 0.25) is 0 Å². The maximum atomic E-state index is 13.3. The molecule has 4 rings (SSSR count). The number of aryl methyl sites for hydroxylation is 1. The van der Waals surface area contributed by atoms with Gasteiger partial charge in [0.25, 0.3) is 10.2 Å². The van der Waals surface area contributed by atoms with Crippen molar-refractivity contribution >= 4 is 16.0 Å². The van der Waals surface area contributed by atoms with E-state index in [4.69, 9.17) is 9.97 Å². The highest BCUT2D eigenvalue weighted by Gasteiger charge is 2.37. The minimum atomic E-state index is -3.56. The summed E-state index contributed by atoms with van der Waals surface area (Å²) in [5, 5.41) is 0. The fraction of sp³-hybridized carbons (Fsp3) is 0.545. The molecule has 0 amide bonds. The predicted octanol–water partition coefficient (Wildman–Crippen LogP) is 3.21. The number of fused-ring (bicyclic) bond motifs is 1. The van der Waals surface area contributed by atoms with Crippen molar-refractivity contribution in [2.75, 3.05) is 32.1 Å². The van der Waals surface area contributed by atoms with Gasteiger partial charge >= 0.3 is 0 Å². The fourth-order valence-corrected chi connectivity index (χ4v) is 5.77. The third-order valence-electron chi connectivity index (χ3n) is 6.16. The van der Waals surface area contributed by atoms with E-state index in [0.717, 1.165) is 54.9 Å². The predicted molar refractivity (Wildman–Crippen MR) is 118 cm³/mol. The molecule has 0 saturated carbocycles. The van der Waals surface area contributed by atoms with Gasteiger partial charge in [-0.1, -0.05) is 18.6 Å². The maximum Gasteiger partial charge on any atom is 0.282 e. The largest absolute Gasteiger partial charge is 0.352 e. The number of hydrogen-bond acceptors (Lipinski definition) is 5. The zero-order valence-electron chi connectivity index (χ0n) is 18.4. The summed E-state index contributed by atoms with van der Waals surface area (Å²) in [6, 6.07) is 6.18. The van der Waals surface area contributed by atoms with Crippen LogP contribution in [0, 0.1) is 12.7 Å². The Kier molecular flexibility index (Phi) is 6.27. The van der Waals surface area contributed by atoms with E-state index in [-0.39, 0.29) is 11.9 Å². The zero-order chi connectivity index (χ0) is 22.2. The second kappa shape index (κ2) is 8.80. The standard InChI is InChI=1S/C22H30FN5O2S/c1-16-19-7-6-13-27(15-17-9-11-18(23)12-10-17)22(19)25-21(24-16)20-8-4-5-14-28(20)31(29,30)26(2)3/h9-12,20H,4-8,13-15H2,1-3H3/t20-/m1/s1. The van der Waals surface area contributed by atoms with E-state index >= 15 is 0 Å². The van der Waals surface area contributed by atoms with E-state index in [1.54, 1.807) is 30.5 Å². The summed E-state index contributed by atoms with van der Waals surface area (Å²) in [5.74, 6) is 1.21. The molecule has 3 heterocycles. The van der Waals surface area contributed by atoms with Gasteiger partial charge in [0.15, 0.2) is 0 Å². The minimum absolute atomic E-state index is 0.247. The summed E-state index contributed by atoms with van der Waals surface area (Å²) in [6.07, 6.45) is 4.41. The number of halogens is 1. The van der Waals surface area contributed by atoms with Crippen molar-refractivity contribution in [2.45, 2.75) is 51.6 Å². The molecule has 9 heteroatoms. The van der Waals surface area contributed by atoms with E-state index in [2.05, 4.69) is 4.90 Å². The number of aromatic nitrogens is 2. The van der Waals surface area contributed by atoms with Crippen LogP contribution in [0.25, 0.3) is 0 Å². The molecular formula is C22H30FN5O2S. The summed E-state index contributed by atoms with van der Waals surface area (Å²) in [6.45, 7) is 3.95. The van der Waals surface area contributed by atoms with Crippen molar-refractivity contribution in [1.82, 2.24) is 18.6 Å². The first kappa shape index (κ1) is 22.1. The Morgan fingerprint density at radius 2 is 1.84 bits per heavy atom. The molecule has 0 bridgehead atoms. The fourth-order valence-electron chi connectivity index (χ4n) is 4.47. The highest BCUT2D eigenvalue weighted by Crippen LogP contribution is 2.35. The molecule has 0 aliphatic carbocycles. The van der Waals surface area contributed by atoms with Gasteiger partial charge in [0.1, 0.15) is 17.5 Å². The highest BCUT2D eigenvalue weighted by molar-refractivity contribution is 7.86. The van der Waals surface area contributed by atoms with Crippen LogP contribution < -0.4 is 4.90 Å². The third-order valence-corrected chi connectivity index (χ3v) is 8.11. The lowest BCUT2D eigenvalue weighted by Gasteiger charge is -2.37. The highest BCUT2D eigenvalue weighted by atomic mass is 32.2. The molecule has 0 N–H and O–H groups in total. The number of rotatable bonds is 5. The molecule has 0 spiro atoms. The Bertz CT molecular complexity index is 1040. The Hall–Kier alpha value is -2.10. The van der Waals surface area contributed by atoms with Gasteiger partial charge in [-0.05, 0) is 50.3 Å². The van der Waals surface area contributed by atoms with E-state index < -0.39 is 10.2 Å². The van der Waals surface area contributed by atoms with Crippen molar-refractivity contribution < 1.29 is 12.8 Å². The molecule has 2 aliphatic heterocycles. The number of hydrogen-bond donors (Lipinski definition) is 0. The van der Waals surface area contributed by atoms with Crippen molar-refractivity contribution in [1.29, 1.82) is 0 Å². The molecule has 0 unspecified atom stereocenters. The number of piperidine rings is 1. The van der Waals surface area contributed by atoms with Gasteiger partial charge in [-0.15, -0.1) is 0 Å². The second-order valence-corrected chi connectivity index (χ2v) is 10.6. The van der Waals surface area contributed by atoms with Crippen molar-refractivity contribution in [2.24, 2.45) is 0 Å². The van der Waals surface area contributed by atoms with Gasteiger partial charge < -0.3 is 4.90 Å². The van der Waals surface area contributed by atoms with Crippen LogP contribution in [0.15, 0.2) is 24.3 Å². The van der Waals surface area contributed by atoms with Crippen LogP contribution in [0.5, 0.6) is 0 Å². The van der Waals surface area contributed by atoms with Crippen LogP contribution in [-0.2, 0) is 23.2 Å². The van der Waals surface area contributed by atoms with Crippen LogP contribution in [-0.4, -0.2) is 54.2 Å². The molecule has 7 nitrogen and oxygen atoms in total. The molecule has 1 aromatic heterocycles. The van der Waals surface area contributed by atoms with Crippen LogP contribution >= 0.6 is 0 Å². The van der Waals surface area contributed by atoms with E-state index in [1.165, 1.54) is 16.4 Å². The molecule has 168 valence electrons. The first-order valence-electron chi connectivity index (χ1n) is 10.8. The summed E-state index contributed by atoms with van der Waals surface area (Å²) in [7, 11) is -0.440. The number of anilines is 1. The summed E-state index contributed by atoms with van der Waals surface area (Å²) < 4.78 is 42.0. The van der Waals surface area contributed by atoms with E-state index in [1.807, 2.05) is 6.92 Å². The second-order valence-electron chi connectivity index (χ2n) is 8.53. The minimum Gasteiger partial charge on any atom is -0.352 e. The Morgan fingerprint density at radius 1 is 1.10 bits per heavy atom. The van der Waals surface area contributed by atoms with Crippen LogP contribution in [0.3, 0.4) is 0 Å². The van der Waals surface area contributed by atoms with E-state index in [0.29, 0.717) is 25.3 Å². The maximum absolute atomic E-state index is 13.3. The lowest BCUT2D eigenvalue weighted by atomic mass is 10.0. The van der Waals surface area contributed by atoms with Gasteiger partial charge in [-0.2, -0.15) is 17.0 Å². The molecule has 1 atom stereocenters. The monoisotopic (exact) mass is 447 g/mol. The molecule has 1 saturated heterocycles. The average molecular weight is 448 g/mol. The topological polar surface area (TPSA) is 69.6 Å². The summed E-state index contributed by atoms with van der Waals surface area (Å²) in [4.78, 5) is 11.9. The molecule has 31 heavy (non-hydrogen) atoms. The van der Waals surface area contributed by atoms with Gasteiger partial charge in [-0.3, -0.25) is 0 Å². The average Bonchev–Trinajstić information content (AvgIpc) is 2.75. The van der Waals surface area contributed by atoms with Crippen molar-refractivity contribution in [3.05, 3.63) is 52.7 Å². The molecule has 1 aromatic carbocycles. The van der Waals surface area contributed by atoms with E-state index in [9.17, 15) is 12.8 Å². The SMILES string of the molecule is Cc1nc([C@H]2CCCCN2S(=O)(=O)N(C)C)nc2c1CCCN2Cc1ccc(F)cc1. The zero-order valence-corrected chi connectivity index (χ0v) is 19.2. The molecule has 2 aromatic rings. The first-order chi connectivity index (χ1) is 14.8. The number of nitrogens with zero attached hydrogens (tertiary/aromatic N) is 5. The van der Waals surface area contributed by atoms with Gasteiger partial charge in [0.05, 0.1) is 6.04 Å². The molecule has 2 aliphatic rings. The van der Waals surface area contributed by atoms with Crippen LogP contribution in [0.1, 0.15) is 54.4 Å². The smallest absolute Gasteiger partial charge is 0.282 e. The van der Waals surface area contributed by atoms with Crippen LogP contribution in [0.4, 0.5) is 10.2 Å². The summed E-state index contributed by atoms with van der Waals surface area (Å²) >= 11 is 0. The van der Waals surface area contributed by atoms with Gasteiger partial charge in [-0.25, -0.2) is 14.4 Å². The van der Waals surface area contributed by atoms with Gasteiger partial charge in [0, 0.05) is 45.0 Å². The Balaban J connectivity index is 1.70. The summed E-state index contributed by atoms with van der Waals surface area (Å²) in [5.41, 5.74) is 3.05.